The molecule has 0 amide bonds. The largest absolute Gasteiger partial charge is 0.299 e. The van der Waals surface area contributed by atoms with Crippen molar-refractivity contribution in [2.24, 2.45) is 5.92 Å². The van der Waals surface area contributed by atoms with Crippen molar-refractivity contribution < 1.29 is 8.42 Å². The fraction of sp³-hybridized carbons (Fsp3) is 0.647. The third-order valence-corrected chi connectivity index (χ3v) is 5.78. The van der Waals surface area contributed by atoms with Crippen molar-refractivity contribution in [3.05, 3.63) is 34.9 Å². The van der Waals surface area contributed by atoms with E-state index < -0.39 is 10.0 Å². The van der Waals surface area contributed by atoms with Gasteiger partial charge in [-0.1, -0.05) is 37.6 Å². The van der Waals surface area contributed by atoms with Gasteiger partial charge in [-0.15, -0.1) is 0 Å². The second-order valence-electron chi connectivity index (χ2n) is 6.76. The van der Waals surface area contributed by atoms with Gasteiger partial charge >= 0.3 is 0 Å². The third kappa shape index (κ3) is 6.42. The standard InChI is InChI=1S/C17H27ClN2O2S/c1-14(2)11-17(20-9-3-4-10-20)12-19-23(21,22)13-15-5-7-16(18)8-6-15/h5-8,14,17,19H,3-4,9-13H2,1-2H3. The van der Waals surface area contributed by atoms with Crippen LogP contribution in [0.3, 0.4) is 0 Å². The molecule has 0 aromatic heterocycles. The van der Waals surface area contributed by atoms with Crippen molar-refractivity contribution in [3.8, 4) is 0 Å². The zero-order valence-corrected chi connectivity index (χ0v) is 15.5. The molecule has 130 valence electrons. The first-order valence-corrected chi connectivity index (χ1v) is 10.3. The summed E-state index contributed by atoms with van der Waals surface area (Å²) in [5, 5.41) is 0.616. The number of likely N-dealkylation sites (tertiary alicyclic amines) is 1. The highest BCUT2D eigenvalue weighted by Crippen LogP contribution is 2.18. The fourth-order valence-electron chi connectivity index (χ4n) is 3.09. The van der Waals surface area contributed by atoms with Crippen LogP contribution in [-0.2, 0) is 15.8 Å². The number of rotatable bonds is 8. The van der Waals surface area contributed by atoms with Gasteiger partial charge in [-0.2, -0.15) is 0 Å². The molecule has 1 aliphatic rings. The monoisotopic (exact) mass is 358 g/mol. The molecule has 1 atom stereocenters. The van der Waals surface area contributed by atoms with Crippen molar-refractivity contribution in [1.29, 1.82) is 0 Å². The van der Waals surface area contributed by atoms with Crippen molar-refractivity contribution in [2.45, 2.75) is 44.9 Å². The Hall–Kier alpha value is -0.620. The molecule has 2 rings (SSSR count). The van der Waals surface area contributed by atoms with E-state index in [1.165, 1.54) is 12.8 Å². The van der Waals surface area contributed by atoms with E-state index >= 15 is 0 Å². The van der Waals surface area contributed by atoms with Crippen LogP contribution in [0.15, 0.2) is 24.3 Å². The van der Waals surface area contributed by atoms with E-state index in [4.69, 9.17) is 11.6 Å². The Morgan fingerprint density at radius 1 is 1.17 bits per heavy atom. The topological polar surface area (TPSA) is 49.4 Å². The summed E-state index contributed by atoms with van der Waals surface area (Å²) < 4.78 is 27.5. The summed E-state index contributed by atoms with van der Waals surface area (Å²) in [6.45, 7) is 7.03. The number of nitrogens with one attached hydrogen (secondary N) is 1. The molecule has 1 aromatic rings. The van der Waals surface area contributed by atoms with Crippen LogP contribution in [0.4, 0.5) is 0 Å². The molecule has 0 spiro atoms. The first-order chi connectivity index (χ1) is 10.9. The minimum Gasteiger partial charge on any atom is -0.299 e. The Morgan fingerprint density at radius 2 is 1.78 bits per heavy atom. The molecule has 0 saturated carbocycles. The summed E-state index contributed by atoms with van der Waals surface area (Å²) in [5.41, 5.74) is 0.753. The van der Waals surface area contributed by atoms with Crippen molar-refractivity contribution in [1.82, 2.24) is 9.62 Å². The second-order valence-corrected chi connectivity index (χ2v) is 9.00. The van der Waals surface area contributed by atoms with E-state index in [-0.39, 0.29) is 11.8 Å². The molecular weight excluding hydrogens is 332 g/mol. The molecule has 1 unspecified atom stereocenters. The molecule has 1 saturated heterocycles. The van der Waals surface area contributed by atoms with Crippen LogP contribution in [0.1, 0.15) is 38.7 Å². The zero-order valence-electron chi connectivity index (χ0n) is 14.0. The maximum atomic E-state index is 12.3. The summed E-state index contributed by atoms with van der Waals surface area (Å²) in [7, 11) is -3.33. The van der Waals surface area contributed by atoms with Gasteiger partial charge in [0.25, 0.3) is 0 Å². The second kappa shape index (κ2) is 8.47. The molecule has 4 nitrogen and oxygen atoms in total. The molecule has 1 N–H and O–H groups in total. The Morgan fingerprint density at radius 3 is 2.35 bits per heavy atom. The predicted octanol–water partition coefficient (Wildman–Crippen LogP) is 3.27. The molecule has 1 aromatic carbocycles. The van der Waals surface area contributed by atoms with Gasteiger partial charge < -0.3 is 0 Å². The van der Waals surface area contributed by atoms with Crippen LogP contribution in [0.5, 0.6) is 0 Å². The zero-order chi connectivity index (χ0) is 16.9. The predicted molar refractivity (Wildman–Crippen MR) is 96.1 cm³/mol. The molecule has 23 heavy (non-hydrogen) atoms. The summed E-state index contributed by atoms with van der Waals surface area (Å²) in [6.07, 6.45) is 3.45. The lowest BCUT2D eigenvalue weighted by molar-refractivity contribution is 0.214. The Balaban J connectivity index is 1.93. The van der Waals surface area contributed by atoms with Gasteiger partial charge in [0.1, 0.15) is 0 Å². The smallest absolute Gasteiger partial charge is 0.215 e. The van der Waals surface area contributed by atoms with Crippen molar-refractivity contribution in [2.75, 3.05) is 19.6 Å². The fourth-order valence-corrected chi connectivity index (χ4v) is 4.39. The van der Waals surface area contributed by atoms with Crippen LogP contribution in [0.2, 0.25) is 5.02 Å². The van der Waals surface area contributed by atoms with Gasteiger partial charge in [0, 0.05) is 17.6 Å². The van der Waals surface area contributed by atoms with Gasteiger partial charge in [-0.05, 0) is 56.0 Å². The van der Waals surface area contributed by atoms with E-state index in [9.17, 15) is 8.42 Å². The van der Waals surface area contributed by atoms with Gasteiger partial charge in [0.2, 0.25) is 10.0 Å². The van der Waals surface area contributed by atoms with Gasteiger partial charge in [-0.25, -0.2) is 13.1 Å². The number of nitrogens with zero attached hydrogens (tertiary/aromatic N) is 1. The summed E-state index contributed by atoms with van der Waals surface area (Å²) in [6, 6.07) is 7.25. The lowest BCUT2D eigenvalue weighted by atomic mass is 10.0. The maximum Gasteiger partial charge on any atom is 0.215 e. The van der Waals surface area contributed by atoms with Gasteiger partial charge in [-0.3, -0.25) is 4.90 Å². The number of hydrogen-bond donors (Lipinski definition) is 1. The molecular formula is C17H27ClN2O2S. The van der Waals surface area contributed by atoms with E-state index in [0.717, 1.165) is 25.1 Å². The van der Waals surface area contributed by atoms with E-state index in [1.54, 1.807) is 24.3 Å². The molecule has 1 heterocycles. The Labute approximate surface area is 145 Å². The van der Waals surface area contributed by atoms with Crippen LogP contribution in [0, 0.1) is 5.92 Å². The number of sulfonamides is 1. The van der Waals surface area contributed by atoms with Crippen LogP contribution < -0.4 is 4.72 Å². The minimum atomic E-state index is -3.33. The highest BCUT2D eigenvalue weighted by Gasteiger charge is 2.24. The molecule has 0 bridgehead atoms. The van der Waals surface area contributed by atoms with Crippen LogP contribution in [0.25, 0.3) is 0 Å². The van der Waals surface area contributed by atoms with Crippen LogP contribution in [-0.4, -0.2) is 39.0 Å². The first kappa shape index (κ1) is 18.7. The lowest BCUT2D eigenvalue weighted by Gasteiger charge is -2.29. The molecule has 0 radical (unpaired) electrons. The number of hydrogen-bond acceptors (Lipinski definition) is 3. The van der Waals surface area contributed by atoms with Crippen molar-refractivity contribution in [3.63, 3.8) is 0 Å². The third-order valence-electron chi connectivity index (χ3n) is 4.21. The molecule has 6 heteroatoms. The number of benzene rings is 1. The average molecular weight is 359 g/mol. The first-order valence-electron chi connectivity index (χ1n) is 8.31. The number of halogens is 1. The quantitative estimate of drug-likeness (QED) is 0.775. The summed E-state index contributed by atoms with van der Waals surface area (Å²) >= 11 is 5.84. The van der Waals surface area contributed by atoms with Crippen LogP contribution >= 0.6 is 11.6 Å². The van der Waals surface area contributed by atoms with Gasteiger partial charge in [0.15, 0.2) is 0 Å². The maximum absolute atomic E-state index is 12.3. The Kier molecular flexibility index (Phi) is 6.89. The Bertz CT molecular complexity index is 581. The van der Waals surface area contributed by atoms with E-state index in [0.29, 0.717) is 17.5 Å². The highest BCUT2D eigenvalue weighted by molar-refractivity contribution is 7.88. The SMILES string of the molecule is CC(C)CC(CNS(=O)(=O)Cc1ccc(Cl)cc1)N1CCCC1. The molecule has 0 aliphatic carbocycles. The molecule has 1 fully saturated rings. The lowest BCUT2D eigenvalue weighted by Crippen LogP contribution is -2.43. The summed E-state index contributed by atoms with van der Waals surface area (Å²) in [4.78, 5) is 2.42. The normalized spacial score (nSPS) is 17.7. The molecule has 1 aliphatic heterocycles. The average Bonchev–Trinajstić information content (AvgIpc) is 2.99. The minimum absolute atomic E-state index is 0.00142. The summed E-state index contributed by atoms with van der Waals surface area (Å²) in [5.74, 6) is 0.555. The van der Waals surface area contributed by atoms with Gasteiger partial charge in [0.05, 0.1) is 5.75 Å². The highest BCUT2D eigenvalue weighted by atomic mass is 35.5. The van der Waals surface area contributed by atoms with E-state index in [1.807, 2.05) is 0 Å². The van der Waals surface area contributed by atoms with Crippen molar-refractivity contribution >= 4 is 21.6 Å². The van der Waals surface area contributed by atoms with E-state index in [2.05, 4.69) is 23.5 Å².